The number of pyridine rings is 1. The van der Waals surface area contributed by atoms with E-state index in [1.165, 1.54) is 21.5 Å². The number of rotatable bonds is 5. The Morgan fingerprint density at radius 3 is 2.74 bits per heavy atom. The maximum absolute atomic E-state index is 12.4. The number of hydrogen-bond acceptors (Lipinski definition) is 4. The lowest BCUT2D eigenvalue weighted by Crippen LogP contribution is -2.12. The van der Waals surface area contributed by atoms with Gasteiger partial charge in [0.1, 0.15) is 0 Å². The Kier molecular flexibility index (Phi) is 5.49. The van der Waals surface area contributed by atoms with Gasteiger partial charge in [0.25, 0.3) is 5.91 Å². The fourth-order valence-corrected chi connectivity index (χ4v) is 4.77. The van der Waals surface area contributed by atoms with Crippen molar-refractivity contribution in [3.63, 3.8) is 0 Å². The van der Waals surface area contributed by atoms with E-state index in [0.29, 0.717) is 5.56 Å². The number of ether oxygens (including phenoxy) is 1. The monoisotopic (exact) mass is 429 g/mol. The molecule has 1 aliphatic heterocycles. The molecule has 3 heterocycles. The van der Waals surface area contributed by atoms with Crippen LogP contribution in [0.15, 0.2) is 78.1 Å². The maximum atomic E-state index is 12.4. The van der Waals surface area contributed by atoms with Gasteiger partial charge in [-0.2, -0.15) is 0 Å². The Bertz CT molecular complexity index is 1210. The van der Waals surface area contributed by atoms with Gasteiger partial charge in [-0.3, -0.25) is 9.78 Å². The summed E-state index contributed by atoms with van der Waals surface area (Å²) in [6.45, 7) is 0.837. The Hall–Kier alpha value is -3.09. The molecule has 1 unspecified atom stereocenters. The van der Waals surface area contributed by atoms with Crippen LogP contribution in [-0.2, 0) is 4.74 Å². The van der Waals surface area contributed by atoms with Crippen molar-refractivity contribution in [2.75, 3.05) is 18.2 Å². The van der Waals surface area contributed by atoms with Gasteiger partial charge in [-0.05, 0) is 73.2 Å². The summed E-state index contributed by atoms with van der Waals surface area (Å²) in [6.07, 6.45) is 7.68. The van der Waals surface area contributed by atoms with E-state index in [2.05, 4.69) is 45.4 Å². The topological polar surface area (TPSA) is 56.1 Å². The van der Waals surface area contributed by atoms with Crippen LogP contribution >= 0.6 is 11.8 Å². The SMILES string of the molecule is CSc1cc2c(C3CCCO3)cccc2n1-c1ccc(NC(=O)c2cccnc2)cc1. The molecule has 2 aromatic carbocycles. The Labute approximate surface area is 185 Å². The highest BCUT2D eigenvalue weighted by Gasteiger charge is 2.22. The predicted molar refractivity (Wildman–Crippen MR) is 125 cm³/mol. The van der Waals surface area contributed by atoms with Gasteiger partial charge in [0.2, 0.25) is 0 Å². The molecule has 1 N–H and O–H groups in total. The summed E-state index contributed by atoms with van der Waals surface area (Å²) in [7, 11) is 0. The minimum atomic E-state index is -0.168. The summed E-state index contributed by atoms with van der Waals surface area (Å²) in [6, 6.07) is 20.2. The lowest BCUT2D eigenvalue weighted by atomic mass is 10.0. The third-order valence-corrected chi connectivity index (χ3v) is 6.36. The third kappa shape index (κ3) is 3.84. The van der Waals surface area contributed by atoms with Crippen molar-refractivity contribution < 1.29 is 9.53 Å². The van der Waals surface area contributed by atoms with Crippen LogP contribution < -0.4 is 5.32 Å². The number of fused-ring (bicyclic) bond motifs is 1. The van der Waals surface area contributed by atoms with Crippen molar-refractivity contribution in [1.82, 2.24) is 9.55 Å². The normalized spacial score (nSPS) is 16.0. The Morgan fingerprint density at radius 2 is 2.03 bits per heavy atom. The summed E-state index contributed by atoms with van der Waals surface area (Å²) in [5.74, 6) is -0.168. The molecule has 1 fully saturated rings. The van der Waals surface area contributed by atoms with E-state index < -0.39 is 0 Å². The molecule has 31 heavy (non-hydrogen) atoms. The van der Waals surface area contributed by atoms with E-state index in [4.69, 9.17) is 4.74 Å². The fourth-order valence-electron chi connectivity index (χ4n) is 4.14. The summed E-state index contributed by atoms with van der Waals surface area (Å²) < 4.78 is 8.23. The van der Waals surface area contributed by atoms with E-state index in [0.717, 1.165) is 30.8 Å². The molecule has 0 spiro atoms. The first-order valence-corrected chi connectivity index (χ1v) is 11.6. The molecule has 1 atom stereocenters. The quantitative estimate of drug-likeness (QED) is 0.404. The molecule has 5 rings (SSSR count). The minimum absolute atomic E-state index is 0.168. The first-order chi connectivity index (χ1) is 15.2. The van der Waals surface area contributed by atoms with Crippen LogP contribution in [0.2, 0.25) is 0 Å². The molecule has 1 amide bonds. The smallest absolute Gasteiger partial charge is 0.257 e. The molecule has 156 valence electrons. The van der Waals surface area contributed by atoms with E-state index in [-0.39, 0.29) is 12.0 Å². The number of carbonyl (C=O) groups excluding carboxylic acids is 1. The van der Waals surface area contributed by atoms with Gasteiger partial charge in [-0.15, -0.1) is 11.8 Å². The van der Waals surface area contributed by atoms with Gasteiger partial charge in [0, 0.05) is 35.8 Å². The van der Waals surface area contributed by atoms with Crippen molar-refractivity contribution in [2.24, 2.45) is 0 Å². The van der Waals surface area contributed by atoms with Gasteiger partial charge < -0.3 is 14.6 Å². The molecular weight excluding hydrogens is 406 g/mol. The highest BCUT2D eigenvalue weighted by atomic mass is 32.2. The van der Waals surface area contributed by atoms with Crippen molar-refractivity contribution in [2.45, 2.75) is 24.0 Å². The standard InChI is InChI=1S/C25H23N3O2S/c1-31-24-15-21-20(23-8-4-14-30-23)6-2-7-22(21)28(24)19-11-9-18(10-12-19)27-25(29)17-5-3-13-26-16-17/h2-3,5-7,9-13,15-16,23H,4,8,14H2,1H3,(H,27,29). The molecule has 2 aromatic heterocycles. The average molecular weight is 430 g/mol. The molecule has 0 bridgehead atoms. The largest absolute Gasteiger partial charge is 0.374 e. The second-order valence-corrected chi connectivity index (χ2v) is 8.37. The molecule has 4 aromatic rings. The van der Waals surface area contributed by atoms with Crippen LogP contribution in [0.3, 0.4) is 0 Å². The number of hydrogen-bond donors (Lipinski definition) is 1. The average Bonchev–Trinajstić information content (AvgIpc) is 3.48. The summed E-state index contributed by atoms with van der Waals surface area (Å²) >= 11 is 1.72. The van der Waals surface area contributed by atoms with Crippen LogP contribution in [-0.4, -0.2) is 28.3 Å². The van der Waals surface area contributed by atoms with Crippen molar-refractivity contribution in [3.8, 4) is 5.69 Å². The first-order valence-electron chi connectivity index (χ1n) is 10.4. The van der Waals surface area contributed by atoms with E-state index in [1.54, 1.807) is 36.3 Å². The van der Waals surface area contributed by atoms with Crippen LogP contribution in [0.4, 0.5) is 5.69 Å². The number of amides is 1. The van der Waals surface area contributed by atoms with Gasteiger partial charge in [-0.1, -0.05) is 12.1 Å². The molecule has 6 heteroatoms. The number of aromatic nitrogens is 2. The number of nitrogens with zero attached hydrogens (tertiary/aromatic N) is 2. The van der Waals surface area contributed by atoms with Crippen molar-refractivity contribution in [1.29, 1.82) is 0 Å². The van der Waals surface area contributed by atoms with E-state index in [9.17, 15) is 4.79 Å². The van der Waals surface area contributed by atoms with E-state index in [1.807, 2.05) is 24.3 Å². The van der Waals surface area contributed by atoms with Crippen LogP contribution in [0.25, 0.3) is 16.6 Å². The number of benzene rings is 2. The summed E-state index contributed by atoms with van der Waals surface area (Å²) in [5, 5.41) is 5.35. The molecule has 1 aliphatic rings. The lowest BCUT2D eigenvalue weighted by molar-refractivity contribution is 0.102. The number of anilines is 1. The van der Waals surface area contributed by atoms with Gasteiger partial charge >= 0.3 is 0 Å². The van der Waals surface area contributed by atoms with Crippen LogP contribution in [0.5, 0.6) is 0 Å². The molecule has 1 saturated heterocycles. The fraction of sp³-hybridized carbons (Fsp3) is 0.200. The minimum Gasteiger partial charge on any atom is -0.374 e. The van der Waals surface area contributed by atoms with Crippen LogP contribution in [0.1, 0.15) is 34.9 Å². The zero-order valence-electron chi connectivity index (χ0n) is 17.2. The van der Waals surface area contributed by atoms with Gasteiger partial charge in [0.15, 0.2) is 0 Å². The summed E-state index contributed by atoms with van der Waals surface area (Å²) in [5.41, 5.74) is 4.78. The Morgan fingerprint density at radius 1 is 1.16 bits per heavy atom. The first kappa shape index (κ1) is 19.8. The second kappa shape index (κ2) is 8.57. The number of thioether (sulfide) groups is 1. The van der Waals surface area contributed by atoms with Gasteiger partial charge in [0.05, 0.1) is 22.2 Å². The molecule has 5 nitrogen and oxygen atoms in total. The van der Waals surface area contributed by atoms with Crippen molar-refractivity contribution >= 4 is 34.3 Å². The lowest BCUT2D eigenvalue weighted by Gasteiger charge is -2.13. The van der Waals surface area contributed by atoms with Crippen molar-refractivity contribution in [3.05, 3.63) is 84.2 Å². The van der Waals surface area contributed by atoms with Crippen LogP contribution in [0, 0.1) is 0 Å². The number of carbonyl (C=O) groups is 1. The number of nitrogens with one attached hydrogen (secondary N) is 1. The molecular formula is C25H23N3O2S. The summed E-state index contributed by atoms with van der Waals surface area (Å²) in [4.78, 5) is 16.4. The highest BCUT2D eigenvalue weighted by Crippen LogP contribution is 2.38. The third-order valence-electron chi connectivity index (χ3n) is 5.64. The van der Waals surface area contributed by atoms with E-state index >= 15 is 0 Å². The zero-order chi connectivity index (χ0) is 21.2. The molecule has 0 aliphatic carbocycles. The second-order valence-electron chi connectivity index (χ2n) is 7.55. The zero-order valence-corrected chi connectivity index (χ0v) is 18.1. The molecule has 0 radical (unpaired) electrons. The Balaban J connectivity index is 1.47. The molecule has 0 saturated carbocycles. The predicted octanol–water partition coefficient (Wildman–Crippen LogP) is 5.85. The highest BCUT2D eigenvalue weighted by molar-refractivity contribution is 7.98. The van der Waals surface area contributed by atoms with Gasteiger partial charge in [-0.25, -0.2) is 0 Å². The maximum Gasteiger partial charge on any atom is 0.257 e.